The zero-order valence-corrected chi connectivity index (χ0v) is 11.6. The van der Waals surface area contributed by atoms with Gasteiger partial charge in [0.1, 0.15) is 0 Å². The molecular weight excluding hydrogens is 264 g/mol. The van der Waals surface area contributed by atoms with Crippen LogP contribution in [-0.4, -0.2) is 28.8 Å². The van der Waals surface area contributed by atoms with E-state index in [9.17, 15) is 9.59 Å². The van der Waals surface area contributed by atoms with E-state index in [2.05, 4.69) is 0 Å². The normalized spacial score (nSPS) is 19.8. The molecule has 0 unspecified atom stereocenters. The Morgan fingerprint density at radius 1 is 1.00 bits per heavy atom. The van der Waals surface area contributed by atoms with Crippen LogP contribution in [0.1, 0.15) is 40.0 Å². The fourth-order valence-corrected chi connectivity index (χ4v) is 3.33. The Kier molecular flexibility index (Phi) is 2.48. The predicted molar refractivity (Wildman–Crippen MR) is 80.1 cm³/mol. The van der Waals surface area contributed by atoms with Gasteiger partial charge in [0.15, 0.2) is 0 Å². The summed E-state index contributed by atoms with van der Waals surface area (Å²) in [5.41, 5.74) is 7.04. The Morgan fingerprint density at radius 3 is 2.05 bits per heavy atom. The number of carbonyl (C=O) groups excluding carboxylic acids is 2. The molecule has 1 fully saturated rings. The first-order chi connectivity index (χ1) is 10.1. The molecule has 0 radical (unpaired) electrons. The molecule has 2 amide bonds. The third kappa shape index (κ3) is 1.72. The van der Waals surface area contributed by atoms with Crippen LogP contribution in [0.5, 0.6) is 0 Å². The molecular formula is C17H16N2O2. The van der Waals surface area contributed by atoms with E-state index >= 15 is 0 Å². The second-order valence-electron chi connectivity index (χ2n) is 6.12. The highest BCUT2D eigenvalue weighted by molar-refractivity contribution is 6.25. The third-order valence-corrected chi connectivity index (χ3v) is 4.68. The molecule has 0 aromatic heterocycles. The summed E-state index contributed by atoms with van der Waals surface area (Å²) in [5.74, 6) is -0.443. The lowest BCUT2D eigenvalue weighted by atomic mass is 9.77. The smallest absolute Gasteiger partial charge is 0.261 e. The van der Waals surface area contributed by atoms with Crippen LogP contribution in [0.2, 0.25) is 0 Å². The summed E-state index contributed by atoms with van der Waals surface area (Å²) < 4.78 is 0. The highest BCUT2D eigenvalue weighted by atomic mass is 16.2. The molecule has 1 heterocycles. The van der Waals surface area contributed by atoms with Crippen molar-refractivity contribution in [3.05, 3.63) is 47.5 Å². The SMILES string of the molecule is NC1(CN2C(=O)c3cccc4cccc(c34)C2=O)CCC1. The van der Waals surface area contributed by atoms with E-state index in [4.69, 9.17) is 5.73 Å². The van der Waals surface area contributed by atoms with Gasteiger partial charge in [0, 0.05) is 28.6 Å². The number of hydrogen-bond acceptors (Lipinski definition) is 3. The maximum absolute atomic E-state index is 12.7. The van der Waals surface area contributed by atoms with E-state index < -0.39 is 5.54 Å². The van der Waals surface area contributed by atoms with Crippen LogP contribution in [0.25, 0.3) is 10.8 Å². The van der Waals surface area contributed by atoms with Crippen molar-refractivity contribution in [3.63, 3.8) is 0 Å². The van der Waals surface area contributed by atoms with Crippen molar-refractivity contribution < 1.29 is 9.59 Å². The molecule has 106 valence electrons. The number of amides is 2. The molecule has 2 aliphatic rings. The van der Waals surface area contributed by atoms with Crippen LogP contribution >= 0.6 is 0 Å². The van der Waals surface area contributed by atoms with E-state index in [1.807, 2.05) is 24.3 Å². The molecule has 4 heteroatoms. The highest BCUT2D eigenvalue weighted by Gasteiger charge is 2.40. The molecule has 2 N–H and O–H groups in total. The predicted octanol–water partition coefficient (Wildman–Crippen LogP) is 2.32. The molecule has 0 saturated heterocycles. The molecule has 4 nitrogen and oxygen atoms in total. The molecule has 0 bridgehead atoms. The summed E-state index contributed by atoms with van der Waals surface area (Å²) in [5, 5.41) is 1.70. The van der Waals surface area contributed by atoms with E-state index in [-0.39, 0.29) is 11.8 Å². The van der Waals surface area contributed by atoms with Crippen molar-refractivity contribution in [3.8, 4) is 0 Å². The van der Waals surface area contributed by atoms with Gasteiger partial charge in [-0.2, -0.15) is 0 Å². The fraction of sp³-hybridized carbons (Fsp3) is 0.294. The summed E-state index contributed by atoms with van der Waals surface area (Å²) in [6.45, 7) is 0.315. The quantitative estimate of drug-likeness (QED) is 0.859. The maximum atomic E-state index is 12.7. The van der Waals surface area contributed by atoms with Crippen molar-refractivity contribution >= 4 is 22.6 Å². The number of nitrogens with zero attached hydrogens (tertiary/aromatic N) is 1. The van der Waals surface area contributed by atoms with E-state index in [1.165, 1.54) is 4.90 Å². The number of imide groups is 1. The molecule has 1 aliphatic carbocycles. The van der Waals surface area contributed by atoms with E-state index in [0.717, 1.165) is 30.0 Å². The molecule has 21 heavy (non-hydrogen) atoms. The second-order valence-corrected chi connectivity index (χ2v) is 6.12. The van der Waals surface area contributed by atoms with Gasteiger partial charge < -0.3 is 5.73 Å². The maximum Gasteiger partial charge on any atom is 0.261 e. The minimum Gasteiger partial charge on any atom is -0.324 e. The lowest BCUT2D eigenvalue weighted by molar-refractivity contribution is 0.0528. The minimum absolute atomic E-state index is 0.221. The summed E-state index contributed by atoms with van der Waals surface area (Å²) in [7, 11) is 0. The van der Waals surface area contributed by atoms with Gasteiger partial charge in [0.25, 0.3) is 11.8 Å². The van der Waals surface area contributed by atoms with Crippen LogP contribution in [0, 0.1) is 0 Å². The topological polar surface area (TPSA) is 63.4 Å². The molecule has 1 saturated carbocycles. The van der Waals surface area contributed by atoms with Crippen LogP contribution < -0.4 is 5.73 Å². The largest absolute Gasteiger partial charge is 0.324 e. The first-order valence-electron chi connectivity index (χ1n) is 7.26. The number of hydrogen-bond donors (Lipinski definition) is 1. The monoisotopic (exact) mass is 280 g/mol. The van der Waals surface area contributed by atoms with Gasteiger partial charge in [0.2, 0.25) is 0 Å². The van der Waals surface area contributed by atoms with Gasteiger partial charge >= 0.3 is 0 Å². The van der Waals surface area contributed by atoms with E-state index in [1.54, 1.807) is 12.1 Å². The van der Waals surface area contributed by atoms with Gasteiger partial charge in [-0.05, 0) is 36.8 Å². The average molecular weight is 280 g/mol. The van der Waals surface area contributed by atoms with Crippen molar-refractivity contribution in [2.45, 2.75) is 24.8 Å². The Balaban J connectivity index is 1.85. The van der Waals surface area contributed by atoms with Crippen LogP contribution in [0.15, 0.2) is 36.4 Å². The first-order valence-corrected chi connectivity index (χ1v) is 7.26. The zero-order valence-electron chi connectivity index (χ0n) is 11.6. The summed E-state index contributed by atoms with van der Waals surface area (Å²) in [6.07, 6.45) is 2.81. The average Bonchev–Trinajstić information content (AvgIpc) is 2.47. The second kappa shape index (κ2) is 4.15. The molecule has 1 aliphatic heterocycles. The van der Waals surface area contributed by atoms with Gasteiger partial charge in [0.05, 0.1) is 0 Å². The van der Waals surface area contributed by atoms with Gasteiger partial charge in [-0.3, -0.25) is 14.5 Å². The minimum atomic E-state index is -0.397. The van der Waals surface area contributed by atoms with Gasteiger partial charge in [-0.25, -0.2) is 0 Å². The molecule has 0 spiro atoms. The van der Waals surface area contributed by atoms with Crippen LogP contribution in [0.4, 0.5) is 0 Å². The Hall–Kier alpha value is -2.20. The number of carbonyl (C=O) groups is 2. The van der Waals surface area contributed by atoms with Gasteiger partial charge in [-0.15, -0.1) is 0 Å². The lowest BCUT2D eigenvalue weighted by Crippen LogP contribution is -2.58. The summed E-state index contributed by atoms with van der Waals surface area (Å²) >= 11 is 0. The van der Waals surface area contributed by atoms with Crippen LogP contribution in [0.3, 0.4) is 0 Å². The zero-order chi connectivity index (χ0) is 14.6. The van der Waals surface area contributed by atoms with Crippen molar-refractivity contribution in [1.82, 2.24) is 4.90 Å². The van der Waals surface area contributed by atoms with Gasteiger partial charge in [-0.1, -0.05) is 24.3 Å². The Labute approximate surface area is 122 Å². The molecule has 4 rings (SSSR count). The molecule has 2 aromatic carbocycles. The Bertz CT molecular complexity index is 727. The molecule has 2 aromatic rings. The van der Waals surface area contributed by atoms with E-state index in [0.29, 0.717) is 17.7 Å². The summed E-state index contributed by atoms with van der Waals surface area (Å²) in [4.78, 5) is 26.7. The number of rotatable bonds is 2. The number of benzene rings is 2. The van der Waals surface area contributed by atoms with Crippen molar-refractivity contribution in [2.24, 2.45) is 5.73 Å². The lowest BCUT2D eigenvalue weighted by Gasteiger charge is -2.42. The Morgan fingerprint density at radius 2 is 1.57 bits per heavy atom. The highest BCUT2D eigenvalue weighted by Crippen LogP contribution is 2.34. The fourth-order valence-electron chi connectivity index (χ4n) is 3.33. The molecule has 0 atom stereocenters. The standard InChI is InChI=1S/C17H16N2O2/c18-17(8-3-9-17)10-19-15(20)12-6-1-4-11-5-2-7-13(14(11)12)16(19)21/h1-2,4-7H,3,8-10,18H2. The number of nitrogens with two attached hydrogens (primary N) is 1. The van der Waals surface area contributed by atoms with Crippen molar-refractivity contribution in [1.29, 1.82) is 0 Å². The first kappa shape index (κ1) is 12.5. The summed E-state index contributed by atoms with van der Waals surface area (Å²) in [6, 6.07) is 11.1. The van der Waals surface area contributed by atoms with Crippen molar-refractivity contribution in [2.75, 3.05) is 6.54 Å². The third-order valence-electron chi connectivity index (χ3n) is 4.68. The van der Waals surface area contributed by atoms with Crippen LogP contribution in [-0.2, 0) is 0 Å².